The van der Waals surface area contributed by atoms with Gasteiger partial charge in [-0.25, -0.2) is 14.2 Å². The average Bonchev–Trinajstić information content (AvgIpc) is 2.81. The summed E-state index contributed by atoms with van der Waals surface area (Å²) < 4.78 is 7.06. The second-order valence-electron chi connectivity index (χ2n) is 7.79. The Morgan fingerprint density at radius 3 is 2.50 bits per heavy atom. The fourth-order valence-electron chi connectivity index (χ4n) is 3.42. The van der Waals surface area contributed by atoms with Gasteiger partial charge in [0.05, 0.1) is 19.6 Å². The highest BCUT2D eigenvalue weighted by atomic mass is 35.5. The van der Waals surface area contributed by atoms with Crippen LogP contribution in [-0.2, 0) is 22.6 Å². The molecular formula is C24H27ClN4O4S. The standard InChI is InChI=1S/C24H27ClN4O4S/c1-5-34-20-11-10-19(12-15(20)2)26-22-27-23(31)29(13-16(3)21(30)33-4)24(32)28(22)14-17-6-8-18(25)9-7-17/h6-12,16H,5,13-14H2,1-4H3,(H,26,27,31)/t16-/m0/s1. The molecule has 8 nitrogen and oxygen atoms in total. The zero-order valence-electron chi connectivity index (χ0n) is 19.5. The van der Waals surface area contributed by atoms with Crippen molar-refractivity contribution in [2.24, 2.45) is 5.92 Å². The number of esters is 1. The first-order chi connectivity index (χ1) is 16.2. The van der Waals surface area contributed by atoms with Gasteiger partial charge in [0.15, 0.2) is 0 Å². The number of nitrogens with zero attached hydrogens (tertiary/aromatic N) is 3. The second-order valence-corrected chi connectivity index (χ2v) is 9.53. The molecule has 2 aromatic carbocycles. The van der Waals surface area contributed by atoms with E-state index in [1.807, 2.05) is 25.1 Å². The van der Waals surface area contributed by atoms with Crippen molar-refractivity contribution in [3.63, 3.8) is 0 Å². The summed E-state index contributed by atoms with van der Waals surface area (Å²) in [6, 6.07) is 12.9. The highest BCUT2D eigenvalue weighted by Gasteiger charge is 2.20. The SMILES string of the molecule is CCSc1ccc(Nc2nc(=O)n(C[C@H](C)C(=O)OC)c(=O)n2Cc2ccc(Cl)cc2)cc1C. The first-order valence-electron chi connectivity index (χ1n) is 10.8. The number of anilines is 2. The lowest BCUT2D eigenvalue weighted by molar-refractivity contribution is -0.145. The number of halogens is 1. The predicted molar refractivity (Wildman–Crippen MR) is 135 cm³/mol. The predicted octanol–water partition coefficient (Wildman–Crippen LogP) is 4.08. The molecule has 180 valence electrons. The van der Waals surface area contributed by atoms with E-state index in [9.17, 15) is 14.4 Å². The topological polar surface area (TPSA) is 95.2 Å². The van der Waals surface area contributed by atoms with Gasteiger partial charge in [0, 0.05) is 22.2 Å². The first-order valence-corrected chi connectivity index (χ1v) is 12.1. The van der Waals surface area contributed by atoms with Gasteiger partial charge in [-0.3, -0.25) is 9.36 Å². The largest absolute Gasteiger partial charge is 0.469 e. The lowest BCUT2D eigenvalue weighted by Crippen LogP contribution is -2.44. The van der Waals surface area contributed by atoms with Crippen LogP contribution in [0.1, 0.15) is 25.0 Å². The van der Waals surface area contributed by atoms with E-state index < -0.39 is 23.3 Å². The lowest BCUT2D eigenvalue weighted by atomic mass is 10.2. The molecule has 3 aromatic rings. The Morgan fingerprint density at radius 1 is 1.18 bits per heavy atom. The molecule has 0 radical (unpaired) electrons. The van der Waals surface area contributed by atoms with Crippen LogP contribution in [0.15, 0.2) is 56.9 Å². The van der Waals surface area contributed by atoms with Crippen LogP contribution in [0.2, 0.25) is 5.02 Å². The fourth-order valence-corrected chi connectivity index (χ4v) is 4.31. The third kappa shape index (κ3) is 6.09. The van der Waals surface area contributed by atoms with E-state index in [1.165, 1.54) is 11.7 Å². The van der Waals surface area contributed by atoms with Gasteiger partial charge in [-0.15, -0.1) is 11.8 Å². The maximum Gasteiger partial charge on any atom is 0.354 e. The van der Waals surface area contributed by atoms with Crippen LogP contribution >= 0.6 is 23.4 Å². The van der Waals surface area contributed by atoms with Crippen LogP contribution in [0, 0.1) is 12.8 Å². The quantitative estimate of drug-likeness (QED) is 0.348. The normalized spacial score (nSPS) is 11.8. The number of nitrogens with one attached hydrogen (secondary N) is 1. The monoisotopic (exact) mass is 502 g/mol. The maximum atomic E-state index is 13.4. The first kappa shape index (κ1) is 25.6. The number of carbonyl (C=O) groups excluding carboxylic acids is 1. The Hall–Kier alpha value is -3.04. The van der Waals surface area contributed by atoms with Gasteiger partial charge in [0.25, 0.3) is 0 Å². The molecule has 10 heteroatoms. The van der Waals surface area contributed by atoms with E-state index >= 15 is 0 Å². The van der Waals surface area contributed by atoms with Crippen LogP contribution in [0.4, 0.5) is 11.6 Å². The van der Waals surface area contributed by atoms with Crippen molar-refractivity contribution >= 4 is 41.0 Å². The number of hydrogen-bond acceptors (Lipinski definition) is 7. The summed E-state index contributed by atoms with van der Waals surface area (Å²) in [5.41, 5.74) is 1.25. The highest BCUT2D eigenvalue weighted by Crippen LogP contribution is 2.26. The summed E-state index contributed by atoms with van der Waals surface area (Å²) in [7, 11) is 1.26. The molecule has 1 heterocycles. The summed E-state index contributed by atoms with van der Waals surface area (Å²) in [6.45, 7) is 5.70. The Kier molecular flexibility index (Phi) is 8.57. The molecule has 0 unspecified atom stereocenters. The maximum absolute atomic E-state index is 13.4. The summed E-state index contributed by atoms with van der Waals surface area (Å²) in [4.78, 5) is 43.3. The van der Waals surface area contributed by atoms with Crippen molar-refractivity contribution in [3.8, 4) is 0 Å². The Morgan fingerprint density at radius 2 is 1.88 bits per heavy atom. The third-order valence-corrected chi connectivity index (χ3v) is 6.50. The molecule has 0 aliphatic heterocycles. The number of aryl methyl sites for hydroxylation is 1. The molecule has 1 N–H and O–H groups in total. The molecule has 3 rings (SSSR count). The summed E-state index contributed by atoms with van der Waals surface area (Å²) in [5.74, 6) is -0.135. The number of aromatic nitrogens is 3. The molecule has 0 bridgehead atoms. The summed E-state index contributed by atoms with van der Waals surface area (Å²) >= 11 is 7.74. The van der Waals surface area contributed by atoms with E-state index in [-0.39, 0.29) is 19.0 Å². The third-order valence-electron chi connectivity index (χ3n) is 5.19. The van der Waals surface area contributed by atoms with Gasteiger partial charge in [-0.2, -0.15) is 4.98 Å². The Labute approximate surface area is 206 Å². The lowest BCUT2D eigenvalue weighted by Gasteiger charge is -2.17. The van der Waals surface area contributed by atoms with Crippen molar-refractivity contribution in [2.75, 3.05) is 18.2 Å². The second kappa shape index (κ2) is 11.4. The van der Waals surface area contributed by atoms with Gasteiger partial charge in [0.1, 0.15) is 0 Å². The Balaban J connectivity index is 2.06. The molecule has 34 heavy (non-hydrogen) atoms. The highest BCUT2D eigenvalue weighted by molar-refractivity contribution is 7.99. The number of benzene rings is 2. The number of thioether (sulfide) groups is 1. The van der Waals surface area contributed by atoms with Crippen LogP contribution in [0.25, 0.3) is 0 Å². The minimum Gasteiger partial charge on any atom is -0.469 e. The van der Waals surface area contributed by atoms with Crippen LogP contribution in [-0.4, -0.2) is 33.0 Å². The van der Waals surface area contributed by atoms with Gasteiger partial charge < -0.3 is 10.1 Å². The number of carbonyl (C=O) groups is 1. The van der Waals surface area contributed by atoms with Crippen LogP contribution in [0.5, 0.6) is 0 Å². The molecule has 1 atom stereocenters. The number of ether oxygens (including phenoxy) is 1. The minimum absolute atomic E-state index is 0.113. The van der Waals surface area contributed by atoms with Crippen LogP contribution in [0.3, 0.4) is 0 Å². The molecule has 1 aromatic heterocycles. The number of methoxy groups -OCH3 is 1. The summed E-state index contributed by atoms with van der Waals surface area (Å²) in [5, 5.41) is 3.70. The zero-order valence-corrected chi connectivity index (χ0v) is 21.1. The van der Waals surface area contributed by atoms with Crippen molar-refractivity contribution in [2.45, 2.75) is 38.8 Å². The number of hydrogen-bond donors (Lipinski definition) is 1. The van der Waals surface area contributed by atoms with Crippen molar-refractivity contribution in [1.29, 1.82) is 0 Å². The zero-order chi connectivity index (χ0) is 24.8. The molecular weight excluding hydrogens is 476 g/mol. The number of rotatable bonds is 9. The van der Waals surface area contributed by atoms with E-state index in [0.29, 0.717) is 10.7 Å². The summed E-state index contributed by atoms with van der Waals surface area (Å²) in [6.07, 6.45) is 0. The van der Waals surface area contributed by atoms with E-state index in [0.717, 1.165) is 26.3 Å². The molecule has 0 amide bonds. The van der Waals surface area contributed by atoms with E-state index in [1.54, 1.807) is 43.0 Å². The van der Waals surface area contributed by atoms with E-state index in [4.69, 9.17) is 16.3 Å². The average molecular weight is 503 g/mol. The van der Waals surface area contributed by atoms with Crippen molar-refractivity contribution < 1.29 is 9.53 Å². The molecule has 0 aliphatic carbocycles. The minimum atomic E-state index is -0.745. The van der Waals surface area contributed by atoms with Gasteiger partial charge in [0.2, 0.25) is 5.95 Å². The molecule has 0 fully saturated rings. The molecule has 0 aliphatic rings. The van der Waals surface area contributed by atoms with Gasteiger partial charge in [-0.05, 0) is 54.1 Å². The Bertz CT molecular complexity index is 1290. The molecule has 0 spiro atoms. The molecule has 0 saturated carbocycles. The van der Waals surface area contributed by atoms with Crippen molar-refractivity contribution in [3.05, 3.63) is 79.6 Å². The fraction of sp³-hybridized carbons (Fsp3) is 0.333. The molecule has 0 saturated heterocycles. The van der Waals surface area contributed by atoms with Gasteiger partial charge in [-0.1, -0.05) is 37.6 Å². The van der Waals surface area contributed by atoms with Crippen LogP contribution < -0.4 is 16.7 Å². The van der Waals surface area contributed by atoms with Gasteiger partial charge >= 0.3 is 17.3 Å². The smallest absolute Gasteiger partial charge is 0.354 e. The van der Waals surface area contributed by atoms with E-state index in [2.05, 4.69) is 17.2 Å². The van der Waals surface area contributed by atoms with Crippen molar-refractivity contribution in [1.82, 2.24) is 14.1 Å².